The fraction of sp³-hybridized carbons (Fsp3) is 0.286. The van der Waals surface area contributed by atoms with E-state index in [-0.39, 0.29) is 37.0 Å². The van der Waals surface area contributed by atoms with E-state index in [4.69, 9.17) is 37.5 Å². The van der Waals surface area contributed by atoms with Gasteiger partial charge in [-0.15, -0.1) is 0 Å². The summed E-state index contributed by atoms with van der Waals surface area (Å²) in [6.45, 7) is 2.20. The van der Waals surface area contributed by atoms with Gasteiger partial charge in [0.1, 0.15) is 24.3 Å². The van der Waals surface area contributed by atoms with Crippen molar-refractivity contribution >= 4 is 28.9 Å². The van der Waals surface area contributed by atoms with Gasteiger partial charge in [0.25, 0.3) is 0 Å². The molecule has 1 aliphatic heterocycles. The van der Waals surface area contributed by atoms with E-state index in [2.05, 4.69) is 5.32 Å². The molecule has 1 amide bonds. The number of anilines is 1. The fourth-order valence-electron chi connectivity index (χ4n) is 4.42. The molecule has 1 aliphatic rings. The fourth-order valence-corrected chi connectivity index (χ4v) is 4.55. The van der Waals surface area contributed by atoms with E-state index in [9.17, 15) is 15.0 Å². The van der Waals surface area contributed by atoms with E-state index in [0.29, 0.717) is 22.2 Å². The minimum Gasteiger partial charge on any atom is -0.504 e. The molecule has 0 radical (unpaired) electrons. The molecular formula is C28H32ClN5O5. The highest BCUT2D eigenvalue weighted by atomic mass is 35.5. The van der Waals surface area contributed by atoms with Crippen LogP contribution in [0.15, 0.2) is 65.7 Å². The molecule has 0 fully saturated rings. The third-order valence-electron chi connectivity index (χ3n) is 6.34. The van der Waals surface area contributed by atoms with Gasteiger partial charge in [0.05, 0.1) is 38.0 Å². The van der Waals surface area contributed by atoms with Gasteiger partial charge >= 0.3 is 0 Å². The van der Waals surface area contributed by atoms with Crippen LogP contribution >= 0.6 is 11.6 Å². The molecule has 3 aromatic carbocycles. The van der Waals surface area contributed by atoms with Gasteiger partial charge < -0.3 is 41.4 Å². The standard InChI is InChI=1S/C28H32ClN5O5/c1-16(30)34-23-9-7-19(38-2)13-21(23)27(17-3-5-18(29)6-4-17)33-22(28(34)31)15-26(37)32-11-12-39-20-8-10-24(35)25(36)14-20/h3-10,13-14,16,22,28,35-36H,11-12,15,30-31H2,1-2H3,(H,32,37)/t16?,22-,28?/m0/s1. The van der Waals surface area contributed by atoms with E-state index in [1.165, 1.54) is 18.2 Å². The summed E-state index contributed by atoms with van der Waals surface area (Å²) in [6, 6.07) is 16.4. The van der Waals surface area contributed by atoms with Crippen molar-refractivity contribution in [2.45, 2.75) is 31.7 Å². The molecule has 0 spiro atoms. The summed E-state index contributed by atoms with van der Waals surface area (Å²) in [5.74, 6) is 0.218. The number of phenols is 2. The summed E-state index contributed by atoms with van der Waals surface area (Å²) in [6.07, 6.45) is -1.15. The maximum atomic E-state index is 13.0. The minimum absolute atomic E-state index is 0.00655. The van der Waals surface area contributed by atoms with Crippen molar-refractivity contribution in [2.24, 2.45) is 16.5 Å². The lowest BCUT2D eigenvalue weighted by molar-refractivity contribution is -0.121. The minimum atomic E-state index is -0.691. The summed E-state index contributed by atoms with van der Waals surface area (Å²) in [7, 11) is 1.59. The molecule has 0 bridgehead atoms. The molecule has 10 nitrogen and oxygen atoms in total. The second kappa shape index (κ2) is 12.2. The maximum Gasteiger partial charge on any atom is 0.222 e. The smallest absolute Gasteiger partial charge is 0.222 e. The Bertz CT molecular complexity index is 1350. The Morgan fingerprint density at radius 1 is 1.10 bits per heavy atom. The van der Waals surface area contributed by atoms with Crippen molar-refractivity contribution in [2.75, 3.05) is 25.2 Å². The molecule has 7 N–H and O–H groups in total. The Balaban J connectivity index is 1.57. The van der Waals surface area contributed by atoms with Crippen LogP contribution in [0.5, 0.6) is 23.0 Å². The van der Waals surface area contributed by atoms with E-state index >= 15 is 0 Å². The number of fused-ring (bicyclic) bond motifs is 1. The number of amides is 1. The normalized spacial score (nSPS) is 17.5. The van der Waals surface area contributed by atoms with Crippen molar-refractivity contribution in [3.8, 4) is 23.0 Å². The lowest BCUT2D eigenvalue weighted by Crippen LogP contribution is -2.56. The Morgan fingerprint density at radius 2 is 1.82 bits per heavy atom. The van der Waals surface area contributed by atoms with E-state index in [1.54, 1.807) is 19.2 Å². The summed E-state index contributed by atoms with van der Waals surface area (Å²) in [5, 5.41) is 22.4. The number of aromatic hydroxyl groups is 2. The lowest BCUT2D eigenvalue weighted by Gasteiger charge is -2.36. The molecule has 206 valence electrons. The van der Waals surface area contributed by atoms with Crippen LogP contribution in [0.1, 0.15) is 24.5 Å². The van der Waals surface area contributed by atoms with E-state index < -0.39 is 18.4 Å². The van der Waals surface area contributed by atoms with Crippen molar-refractivity contribution in [1.29, 1.82) is 0 Å². The summed E-state index contributed by atoms with van der Waals surface area (Å²) >= 11 is 6.14. The van der Waals surface area contributed by atoms with Crippen LogP contribution in [0.4, 0.5) is 5.69 Å². The van der Waals surface area contributed by atoms with Crippen LogP contribution < -0.4 is 31.2 Å². The number of methoxy groups -OCH3 is 1. The van der Waals surface area contributed by atoms with Gasteiger partial charge in [-0.05, 0) is 49.4 Å². The molecule has 0 aromatic heterocycles. The first kappa shape index (κ1) is 28.0. The molecule has 4 rings (SSSR count). The number of nitrogens with zero attached hydrogens (tertiary/aromatic N) is 2. The highest BCUT2D eigenvalue weighted by Crippen LogP contribution is 2.34. The number of benzodiazepines with no additional fused rings is 1. The third-order valence-corrected chi connectivity index (χ3v) is 6.59. The van der Waals surface area contributed by atoms with Gasteiger partial charge in [0.15, 0.2) is 11.5 Å². The van der Waals surface area contributed by atoms with Gasteiger partial charge in [-0.3, -0.25) is 9.79 Å². The number of ether oxygens (including phenoxy) is 2. The van der Waals surface area contributed by atoms with Crippen molar-refractivity contribution in [3.63, 3.8) is 0 Å². The molecule has 1 heterocycles. The first-order chi connectivity index (χ1) is 18.7. The van der Waals surface area contributed by atoms with Gasteiger partial charge in [-0.1, -0.05) is 23.7 Å². The van der Waals surface area contributed by atoms with Crippen LogP contribution in [0.25, 0.3) is 0 Å². The van der Waals surface area contributed by atoms with Gasteiger partial charge in [-0.25, -0.2) is 0 Å². The number of aliphatic imine (C=N–C) groups is 1. The molecule has 0 saturated carbocycles. The number of carbonyl (C=O) groups excluding carboxylic acids is 1. The van der Waals surface area contributed by atoms with Gasteiger partial charge in [0.2, 0.25) is 5.91 Å². The number of nitrogens with two attached hydrogens (primary N) is 2. The molecule has 3 atom stereocenters. The predicted octanol–water partition coefficient (Wildman–Crippen LogP) is 2.96. The number of phenolic OH excluding ortho intramolecular Hbond substituents is 2. The van der Waals surface area contributed by atoms with E-state index in [1.807, 2.05) is 42.2 Å². The Morgan fingerprint density at radius 3 is 2.49 bits per heavy atom. The number of hydrogen-bond donors (Lipinski definition) is 5. The monoisotopic (exact) mass is 553 g/mol. The van der Waals surface area contributed by atoms with E-state index in [0.717, 1.165) is 16.8 Å². The predicted molar refractivity (Wildman–Crippen MR) is 151 cm³/mol. The number of carbonyl (C=O) groups is 1. The molecule has 0 aliphatic carbocycles. The van der Waals surface area contributed by atoms with Gasteiger partial charge in [-0.2, -0.15) is 0 Å². The number of hydrogen-bond acceptors (Lipinski definition) is 9. The highest BCUT2D eigenvalue weighted by molar-refractivity contribution is 6.30. The second-order valence-electron chi connectivity index (χ2n) is 9.13. The largest absolute Gasteiger partial charge is 0.504 e. The zero-order valence-corrected chi connectivity index (χ0v) is 22.4. The average molecular weight is 554 g/mol. The topological polar surface area (TPSA) is 156 Å². The van der Waals surface area contributed by atoms with Crippen molar-refractivity contribution in [3.05, 3.63) is 76.8 Å². The summed E-state index contributed by atoms with van der Waals surface area (Å²) < 4.78 is 11.0. The quantitative estimate of drug-likeness (QED) is 0.200. The molecular weight excluding hydrogens is 522 g/mol. The Labute approximate surface area is 231 Å². The number of nitrogens with one attached hydrogen (secondary N) is 1. The lowest BCUT2D eigenvalue weighted by atomic mass is 9.99. The summed E-state index contributed by atoms with van der Waals surface area (Å²) in [4.78, 5) is 19.8. The molecule has 0 saturated heterocycles. The SMILES string of the molecule is COc1ccc2c(c1)C(c1ccc(Cl)cc1)=N[C@@H](CC(=O)NCCOc1ccc(O)c(O)c1)C(N)N2C(C)N. The first-order valence-corrected chi connectivity index (χ1v) is 12.8. The van der Waals surface area contributed by atoms with Crippen LogP contribution in [0.2, 0.25) is 5.02 Å². The Kier molecular flexibility index (Phi) is 8.80. The van der Waals surface area contributed by atoms with Crippen LogP contribution in [0.3, 0.4) is 0 Å². The first-order valence-electron chi connectivity index (χ1n) is 12.4. The Hall–Kier alpha value is -3.99. The molecule has 39 heavy (non-hydrogen) atoms. The molecule has 2 unspecified atom stereocenters. The van der Waals surface area contributed by atoms with Crippen LogP contribution in [-0.4, -0.2) is 60.5 Å². The zero-order valence-electron chi connectivity index (χ0n) is 21.7. The maximum absolute atomic E-state index is 13.0. The second-order valence-corrected chi connectivity index (χ2v) is 9.56. The molecule has 3 aromatic rings. The highest BCUT2D eigenvalue weighted by Gasteiger charge is 2.34. The number of rotatable bonds is 9. The van der Waals surface area contributed by atoms with Crippen molar-refractivity contribution in [1.82, 2.24) is 5.32 Å². The summed E-state index contributed by atoms with van der Waals surface area (Å²) in [5.41, 5.74) is 16.1. The van der Waals surface area contributed by atoms with Crippen LogP contribution in [-0.2, 0) is 4.79 Å². The van der Waals surface area contributed by atoms with Gasteiger partial charge in [0, 0.05) is 27.9 Å². The zero-order chi connectivity index (χ0) is 28.1. The average Bonchev–Trinajstić information content (AvgIpc) is 3.03. The molecule has 11 heteroatoms. The number of halogens is 1. The number of benzene rings is 3. The van der Waals surface area contributed by atoms with Crippen molar-refractivity contribution < 1.29 is 24.5 Å². The van der Waals surface area contributed by atoms with Crippen LogP contribution in [0, 0.1) is 0 Å². The third kappa shape index (κ3) is 6.54.